The van der Waals surface area contributed by atoms with Gasteiger partial charge in [-0.25, -0.2) is 0 Å². The van der Waals surface area contributed by atoms with Crippen LogP contribution in [0.5, 0.6) is 0 Å². The predicted octanol–water partition coefficient (Wildman–Crippen LogP) is 2.58. The maximum atomic E-state index is 9.20. The maximum Gasteiger partial charge on any atom is 0.0497 e. The summed E-state index contributed by atoms with van der Waals surface area (Å²) in [4.78, 5) is 0. The first-order chi connectivity index (χ1) is 7.13. The Morgan fingerprint density at radius 3 is 2.80 bits per heavy atom. The number of aryl methyl sites for hydroxylation is 2. The number of benzene rings is 1. The lowest BCUT2D eigenvalue weighted by atomic mass is 10.0. The van der Waals surface area contributed by atoms with E-state index in [1.165, 1.54) is 22.0 Å². The molecule has 0 amide bonds. The van der Waals surface area contributed by atoms with Gasteiger partial charge < -0.3 is 9.67 Å². The molecule has 0 bridgehead atoms. The molecule has 1 aromatic heterocycles. The lowest BCUT2D eigenvalue weighted by molar-refractivity contribution is 0.273. The zero-order valence-corrected chi connectivity index (χ0v) is 9.49. The number of aliphatic hydroxyl groups is 1. The quantitative estimate of drug-likeness (QED) is 0.797. The zero-order chi connectivity index (χ0) is 11.0. The van der Waals surface area contributed by atoms with E-state index in [2.05, 4.69) is 49.9 Å². The number of aromatic nitrogens is 1. The number of nitrogens with zero attached hydrogens (tertiary/aromatic N) is 1. The van der Waals surface area contributed by atoms with Crippen molar-refractivity contribution in [1.82, 2.24) is 4.57 Å². The minimum Gasteiger partial charge on any atom is -0.396 e. The van der Waals surface area contributed by atoms with Gasteiger partial charge in [0.1, 0.15) is 0 Å². The lowest BCUT2D eigenvalue weighted by Gasteiger charge is -2.05. The molecule has 0 saturated carbocycles. The summed E-state index contributed by atoms with van der Waals surface area (Å²) in [5.41, 5.74) is 3.74. The van der Waals surface area contributed by atoms with E-state index in [-0.39, 0.29) is 12.5 Å². The number of fused-ring (bicyclic) bond motifs is 1. The van der Waals surface area contributed by atoms with Crippen molar-refractivity contribution in [3.05, 3.63) is 35.5 Å². The Bertz CT molecular complexity index is 484. The van der Waals surface area contributed by atoms with Crippen molar-refractivity contribution in [3.8, 4) is 0 Å². The second kappa shape index (κ2) is 3.70. The zero-order valence-electron chi connectivity index (χ0n) is 9.49. The standard InChI is InChI=1S/C13H17NO/c1-9-4-5-11-12(10(2)8-15)7-14(3)13(11)6-9/h4-7,10,15H,8H2,1-3H3. The second-order valence-electron chi connectivity index (χ2n) is 4.30. The van der Waals surface area contributed by atoms with E-state index in [1.807, 2.05) is 0 Å². The van der Waals surface area contributed by atoms with Crippen molar-refractivity contribution in [2.45, 2.75) is 19.8 Å². The molecule has 0 spiro atoms. The summed E-state index contributed by atoms with van der Waals surface area (Å²) in [5, 5.41) is 10.5. The molecule has 1 unspecified atom stereocenters. The van der Waals surface area contributed by atoms with Gasteiger partial charge in [-0.15, -0.1) is 0 Å². The van der Waals surface area contributed by atoms with E-state index in [0.717, 1.165) is 0 Å². The Balaban J connectivity index is 2.68. The Hall–Kier alpha value is -1.28. The number of hydrogen-bond donors (Lipinski definition) is 1. The van der Waals surface area contributed by atoms with Gasteiger partial charge >= 0.3 is 0 Å². The molecular weight excluding hydrogens is 186 g/mol. The van der Waals surface area contributed by atoms with E-state index in [1.54, 1.807) is 0 Å². The lowest BCUT2D eigenvalue weighted by Crippen LogP contribution is -1.97. The van der Waals surface area contributed by atoms with E-state index < -0.39 is 0 Å². The van der Waals surface area contributed by atoms with Crippen LogP contribution in [0.3, 0.4) is 0 Å². The van der Waals surface area contributed by atoms with Gasteiger partial charge in [-0.3, -0.25) is 0 Å². The summed E-state index contributed by atoms with van der Waals surface area (Å²) in [6.07, 6.45) is 2.12. The molecule has 2 heteroatoms. The molecule has 2 rings (SSSR count). The van der Waals surface area contributed by atoms with E-state index in [9.17, 15) is 5.11 Å². The smallest absolute Gasteiger partial charge is 0.0497 e. The summed E-state index contributed by atoms with van der Waals surface area (Å²) in [6.45, 7) is 4.35. The van der Waals surface area contributed by atoms with Gasteiger partial charge in [0, 0.05) is 36.7 Å². The fourth-order valence-electron chi connectivity index (χ4n) is 2.02. The topological polar surface area (TPSA) is 25.2 Å². The van der Waals surface area contributed by atoms with Crippen LogP contribution in [0.25, 0.3) is 10.9 Å². The molecule has 0 aliphatic carbocycles. The van der Waals surface area contributed by atoms with Crippen LogP contribution in [-0.4, -0.2) is 16.3 Å². The number of rotatable bonds is 2. The summed E-state index contributed by atoms with van der Waals surface area (Å²) in [5.74, 6) is 0.205. The Kier molecular flexibility index (Phi) is 2.53. The summed E-state index contributed by atoms with van der Waals surface area (Å²) < 4.78 is 2.13. The molecule has 2 nitrogen and oxygen atoms in total. The molecule has 0 aliphatic heterocycles. The first-order valence-electron chi connectivity index (χ1n) is 5.30. The minimum atomic E-state index is 0.201. The van der Waals surface area contributed by atoms with Gasteiger partial charge in [0.2, 0.25) is 0 Å². The van der Waals surface area contributed by atoms with Gasteiger partial charge in [0.25, 0.3) is 0 Å². The van der Waals surface area contributed by atoms with Gasteiger partial charge in [-0.05, 0) is 24.1 Å². The van der Waals surface area contributed by atoms with E-state index >= 15 is 0 Å². The average molecular weight is 203 g/mol. The Morgan fingerprint density at radius 1 is 1.40 bits per heavy atom. The van der Waals surface area contributed by atoms with E-state index in [4.69, 9.17) is 0 Å². The molecular formula is C13H17NO. The Morgan fingerprint density at radius 2 is 2.13 bits per heavy atom. The van der Waals surface area contributed by atoms with Gasteiger partial charge in [0.05, 0.1) is 0 Å². The summed E-state index contributed by atoms with van der Waals surface area (Å²) in [6, 6.07) is 6.45. The first kappa shape index (κ1) is 10.2. The van der Waals surface area contributed by atoms with Crippen molar-refractivity contribution in [2.24, 2.45) is 7.05 Å². The third kappa shape index (κ3) is 1.65. The van der Waals surface area contributed by atoms with Crippen LogP contribution in [-0.2, 0) is 7.05 Å². The fraction of sp³-hybridized carbons (Fsp3) is 0.385. The van der Waals surface area contributed by atoms with Crippen molar-refractivity contribution < 1.29 is 5.11 Å². The highest BCUT2D eigenvalue weighted by Crippen LogP contribution is 2.27. The Labute approximate surface area is 90.2 Å². The van der Waals surface area contributed by atoms with Crippen LogP contribution < -0.4 is 0 Å². The van der Waals surface area contributed by atoms with Crippen LogP contribution >= 0.6 is 0 Å². The summed E-state index contributed by atoms with van der Waals surface area (Å²) in [7, 11) is 2.05. The van der Waals surface area contributed by atoms with Gasteiger partial charge in [0.15, 0.2) is 0 Å². The molecule has 0 saturated heterocycles. The van der Waals surface area contributed by atoms with Gasteiger partial charge in [-0.2, -0.15) is 0 Å². The molecule has 2 aromatic rings. The summed E-state index contributed by atoms with van der Waals surface area (Å²) >= 11 is 0. The SMILES string of the molecule is Cc1ccc2c(C(C)CO)cn(C)c2c1. The van der Waals surface area contributed by atoms with Crippen molar-refractivity contribution in [3.63, 3.8) is 0 Å². The third-order valence-corrected chi connectivity index (χ3v) is 2.98. The predicted molar refractivity (Wildman–Crippen MR) is 63.2 cm³/mol. The van der Waals surface area contributed by atoms with Crippen molar-refractivity contribution in [2.75, 3.05) is 6.61 Å². The van der Waals surface area contributed by atoms with Crippen LogP contribution in [0.4, 0.5) is 0 Å². The molecule has 1 heterocycles. The molecule has 0 radical (unpaired) electrons. The third-order valence-electron chi connectivity index (χ3n) is 2.98. The highest BCUT2D eigenvalue weighted by molar-refractivity contribution is 5.85. The van der Waals surface area contributed by atoms with Crippen LogP contribution in [0.15, 0.2) is 24.4 Å². The fourth-order valence-corrected chi connectivity index (χ4v) is 2.02. The molecule has 0 aliphatic rings. The minimum absolute atomic E-state index is 0.201. The van der Waals surface area contributed by atoms with Crippen LogP contribution in [0.2, 0.25) is 0 Å². The van der Waals surface area contributed by atoms with Crippen molar-refractivity contribution in [1.29, 1.82) is 0 Å². The molecule has 0 fully saturated rings. The molecule has 15 heavy (non-hydrogen) atoms. The molecule has 80 valence electrons. The van der Waals surface area contributed by atoms with Crippen LogP contribution in [0.1, 0.15) is 24.0 Å². The van der Waals surface area contributed by atoms with E-state index in [0.29, 0.717) is 0 Å². The van der Waals surface area contributed by atoms with Crippen LogP contribution in [0, 0.1) is 6.92 Å². The largest absolute Gasteiger partial charge is 0.396 e. The van der Waals surface area contributed by atoms with Crippen molar-refractivity contribution >= 4 is 10.9 Å². The first-order valence-corrected chi connectivity index (χ1v) is 5.30. The number of aliphatic hydroxyl groups excluding tert-OH is 1. The molecule has 1 aromatic carbocycles. The normalized spacial score (nSPS) is 13.3. The molecule has 1 atom stereocenters. The molecule has 1 N–H and O–H groups in total. The maximum absolute atomic E-state index is 9.20. The number of hydrogen-bond acceptors (Lipinski definition) is 1. The highest BCUT2D eigenvalue weighted by Gasteiger charge is 2.11. The average Bonchev–Trinajstić information content (AvgIpc) is 2.55. The highest BCUT2D eigenvalue weighted by atomic mass is 16.3. The monoisotopic (exact) mass is 203 g/mol. The van der Waals surface area contributed by atoms with Gasteiger partial charge in [-0.1, -0.05) is 19.1 Å². The second-order valence-corrected chi connectivity index (χ2v) is 4.30.